The number of aliphatic hydroxyl groups is 1. The number of pyridine rings is 1. The summed E-state index contributed by atoms with van der Waals surface area (Å²) in [5.41, 5.74) is 0.0837. The van der Waals surface area contributed by atoms with Gasteiger partial charge in [0, 0.05) is 17.8 Å². The molecule has 98 valence electrons. The van der Waals surface area contributed by atoms with Gasteiger partial charge in [-0.1, -0.05) is 18.2 Å². The highest BCUT2D eigenvalue weighted by Crippen LogP contribution is 2.29. The van der Waals surface area contributed by atoms with Gasteiger partial charge in [0.15, 0.2) is 0 Å². The van der Waals surface area contributed by atoms with E-state index in [1.807, 2.05) is 0 Å². The normalized spacial score (nSPS) is 12.5. The topological polar surface area (TPSA) is 33.1 Å². The predicted octanol–water partition coefficient (Wildman–Crippen LogP) is 4.16. The summed E-state index contributed by atoms with van der Waals surface area (Å²) in [4.78, 5) is 3.98. The zero-order valence-corrected chi connectivity index (χ0v) is 9.72. The molecule has 1 N–H and O–H groups in total. The van der Waals surface area contributed by atoms with Gasteiger partial charge < -0.3 is 5.11 Å². The summed E-state index contributed by atoms with van der Waals surface area (Å²) in [6.45, 7) is 0. The fourth-order valence-corrected chi connectivity index (χ4v) is 1.51. The number of alkyl halides is 3. The summed E-state index contributed by atoms with van der Waals surface area (Å²) in [5, 5.41) is 9.81. The van der Waals surface area contributed by atoms with Gasteiger partial charge in [-0.25, -0.2) is 0 Å². The van der Waals surface area contributed by atoms with Crippen LogP contribution >= 0.6 is 0 Å². The molecule has 0 amide bonds. The SMILES string of the molecule is O/C(=C/c1ccccn1)c1ccc(C(F)(F)F)cc1. The van der Waals surface area contributed by atoms with Gasteiger partial charge in [0.05, 0.1) is 11.3 Å². The standard InChI is InChI=1S/C14H10F3NO/c15-14(16,17)11-6-4-10(5-7-11)13(19)9-12-3-1-2-8-18-12/h1-9,19H/b13-9+. The first-order valence-corrected chi connectivity index (χ1v) is 5.46. The lowest BCUT2D eigenvalue weighted by atomic mass is 10.1. The van der Waals surface area contributed by atoms with Crippen molar-refractivity contribution in [1.29, 1.82) is 0 Å². The lowest BCUT2D eigenvalue weighted by molar-refractivity contribution is -0.137. The molecule has 19 heavy (non-hydrogen) atoms. The van der Waals surface area contributed by atoms with Crippen LogP contribution in [0.3, 0.4) is 0 Å². The number of benzene rings is 1. The van der Waals surface area contributed by atoms with Gasteiger partial charge in [-0.2, -0.15) is 13.2 Å². The molecule has 0 atom stereocenters. The van der Waals surface area contributed by atoms with Crippen molar-refractivity contribution in [3.05, 3.63) is 65.5 Å². The number of rotatable bonds is 2. The molecular weight excluding hydrogens is 255 g/mol. The third kappa shape index (κ3) is 3.34. The Bertz CT molecular complexity index is 574. The van der Waals surface area contributed by atoms with E-state index in [0.717, 1.165) is 12.1 Å². The molecule has 0 aliphatic heterocycles. The highest BCUT2D eigenvalue weighted by Gasteiger charge is 2.29. The zero-order valence-electron chi connectivity index (χ0n) is 9.72. The van der Waals surface area contributed by atoms with Crippen LogP contribution in [0.2, 0.25) is 0 Å². The van der Waals surface area contributed by atoms with E-state index in [0.29, 0.717) is 11.3 Å². The first-order valence-electron chi connectivity index (χ1n) is 5.46. The molecule has 0 saturated carbocycles. The minimum atomic E-state index is -4.38. The highest BCUT2D eigenvalue weighted by atomic mass is 19.4. The van der Waals surface area contributed by atoms with Crippen molar-refractivity contribution >= 4 is 11.8 Å². The monoisotopic (exact) mass is 265 g/mol. The summed E-state index contributed by atoms with van der Waals surface area (Å²) in [6, 6.07) is 9.45. The maximum atomic E-state index is 12.4. The minimum Gasteiger partial charge on any atom is -0.507 e. The van der Waals surface area contributed by atoms with Crippen molar-refractivity contribution in [2.75, 3.05) is 0 Å². The average molecular weight is 265 g/mol. The number of aromatic nitrogens is 1. The van der Waals surface area contributed by atoms with Gasteiger partial charge in [-0.3, -0.25) is 4.98 Å². The van der Waals surface area contributed by atoms with Crippen molar-refractivity contribution in [2.45, 2.75) is 6.18 Å². The molecule has 1 aromatic heterocycles. The third-order valence-electron chi connectivity index (χ3n) is 2.48. The van der Waals surface area contributed by atoms with Crippen LogP contribution in [0.1, 0.15) is 16.8 Å². The molecule has 1 heterocycles. The molecule has 1 aromatic carbocycles. The Labute approximate surface area is 107 Å². The van der Waals surface area contributed by atoms with E-state index in [1.165, 1.54) is 18.2 Å². The Morgan fingerprint density at radius 2 is 1.74 bits per heavy atom. The Hall–Kier alpha value is -2.30. The van der Waals surface area contributed by atoms with E-state index < -0.39 is 11.7 Å². The maximum Gasteiger partial charge on any atom is 0.416 e. The first-order chi connectivity index (χ1) is 8.97. The summed E-state index contributed by atoms with van der Waals surface area (Å²) < 4.78 is 37.1. The number of nitrogens with zero attached hydrogens (tertiary/aromatic N) is 1. The van der Waals surface area contributed by atoms with Gasteiger partial charge in [0.1, 0.15) is 5.76 Å². The van der Waals surface area contributed by atoms with Crippen LogP contribution < -0.4 is 0 Å². The zero-order chi connectivity index (χ0) is 13.9. The highest BCUT2D eigenvalue weighted by molar-refractivity contribution is 5.75. The van der Waals surface area contributed by atoms with E-state index in [1.54, 1.807) is 24.4 Å². The molecule has 0 aliphatic carbocycles. The van der Waals surface area contributed by atoms with Crippen molar-refractivity contribution in [2.24, 2.45) is 0 Å². The Balaban J connectivity index is 2.25. The van der Waals surface area contributed by atoms with E-state index in [4.69, 9.17) is 0 Å². The van der Waals surface area contributed by atoms with E-state index >= 15 is 0 Å². The molecule has 0 spiro atoms. The fourth-order valence-electron chi connectivity index (χ4n) is 1.51. The van der Waals surface area contributed by atoms with Crippen LogP contribution in [-0.4, -0.2) is 10.1 Å². The van der Waals surface area contributed by atoms with Crippen molar-refractivity contribution in [1.82, 2.24) is 4.98 Å². The van der Waals surface area contributed by atoms with Crippen molar-refractivity contribution < 1.29 is 18.3 Å². The summed E-state index contributed by atoms with van der Waals surface area (Å²) in [5.74, 6) is -0.132. The second-order valence-corrected chi connectivity index (χ2v) is 3.86. The quantitative estimate of drug-likeness (QED) is 0.827. The third-order valence-corrected chi connectivity index (χ3v) is 2.48. The van der Waals surface area contributed by atoms with Crippen molar-refractivity contribution in [3.8, 4) is 0 Å². The largest absolute Gasteiger partial charge is 0.507 e. The predicted molar refractivity (Wildman–Crippen MR) is 66.2 cm³/mol. The lowest BCUT2D eigenvalue weighted by Gasteiger charge is -2.07. The molecule has 0 saturated heterocycles. The number of hydrogen-bond donors (Lipinski definition) is 1. The molecular formula is C14H10F3NO. The Morgan fingerprint density at radius 3 is 2.26 bits per heavy atom. The van der Waals surface area contributed by atoms with Crippen LogP contribution in [0.4, 0.5) is 13.2 Å². The molecule has 0 radical (unpaired) electrons. The maximum absolute atomic E-state index is 12.4. The van der Waals surface area contributed by atoms with Crippen LogP contribution in [0.25, 0.3) is 11.8 Å². The molecule has 0 unspecified atom stereocenters. The van der Waals surface area contributed by atoms with Gasteiger partial charge in [-0.05, 0) is 24.3 Å². The molecule has 0 fully saturated rings. The smallest absolute Gasteiger partial charge is 0.416 e. The Morgan fingerprint density at radius 1 is 1.05 bits per heavy atom. The number of hydrogen-bond acceptors (Lipinski definition) is 2. The molecule has 0 aliphatic rings. The van der Waals surface area contributed by atoms with Crippen LogP contribution in [0.5, 0.6) is 0 Å². The van der Waals surface area contributed by atoms with E-state index in [-0.39, 0.29) is 5.76 Å². The van der Waals surface area contributed by atoms with Gasteiger partial charge in [0.25, 0.3) is 0 Å². The molecule has 5 heteroatoms. The summed E-state index contributed by atoms with van der Waals surface area (Å²) in [6.07, 6.45) is -1.42. The van der Waals surface area contributed by atoms with Gasteiger partial charge >= 0.3 is 6.18 Å². The van der Waals surface area contributed by atoms with E-state index in [2.05, 4.69) is 4.98 Å². The molecule has 2 rings (SSSR count). The molecule has 2 aromatic rings. The Kier molecular flexibility index (Phi) is 3.55. The lowest BCUT2D eigenvalue weighted by Crippen LogP contribution is -2.04. The summed E-state index contributed by atoms with van der Waals surface area (Å²) >= 11 is 0. The van der Waals surface area contributed by atoms with Crippen molar-refractivity contribution in [3.63, 3.8) is 0 Å². The van der Waals surface area contributed by atoms with Gasteiger partial charge in [0.2, 0.25) is 0 Å². The molecule has 2 nitrogen and oxygen atoms in total. The van der Waals surface area contributed by atoms with Crippen LogP contribution in [0.15, 0.2) is 48.7 Å². The molecule has 0 bridgehead atoms. The number of aliphatic hydroxyl groups excluding tert-OH is 1. The second-order valence-electron chi connectivity index (χ2n) is 3.86. The van der Waals surface area contributed by atoms with Crippen LogP contribution in [-0.2, 0) is 6.18 Å². The van der Waals surface area contributed by atoms with Crippen LogP contribution in [0, 0.1) is 0 Å². The minimum absolute atomic E-state index is 0.132. The summed E-state index contributed by atoms with van der Waals surface area (Å²) in [7, 11) is 0. The number of halogens is 3. The second kappa shape index (κ2) is 5.14. The van der Waals surface area contributed by atoms with Gasteiger partial charge in [-0.15, -0.1) is 0 Å². The van der Waals surface area contributed by atoms with E-state index in [9.17, 15) is 18.3 Å². The average Bonchev–Trinajstić information content (AvgIpc) is 2.39. The fraction of sp³-hybridized carbons (Fsp3) is 0.0714. The first kappa shape index (κ1) is 13.1.